The lowest BCUT2D eigenvalue weighted by atomic mass is 9.97. The Balaban J connectivity index is 1.93. The SMILES string of the molecule is NC1CC2CCC(C1)N2C(=O)c1c(Cl)cccc1Cl. The van der Waals surface area contributed by atoms with Crippen LogP contribution in [0, 0.1) is 0 Å². The number of nitrogens with two attached hydrogens (primary N) is 1. The molecule has 3 nitrogen and oxygen atoms in total. The van der Waals surface area contributed by atoms with Gasteiger partial charge in [0.1, 0.15) is 0 Å². The summed E-state index contributed by atoms with van der Waals surface area (Å²) in [7, 11) is 0. The average Bonchev–Trinajstić information content (AvgIpc) is 2.61. The van der Waals surface area contributed by atoms with Gasteiger partial charge in [0.2, 0.25) is 0 Å². The number of amides is 1. The molecule has 2 unspecified atom stereocenters. The lowest BCUT2D eigenvalue weighted by Gasteiger charge is -2.38. The molecule has 2 saturated heterocycles. The van der Waals surface area contributed by atoms with Gasteiger partial charge in [-0.15, -0.1) is 0 Å². The first-order valence-electron chi connectivity index (χ1n) is 6.60. The van der Waals surface area contributed by atoms with Crippen molar-refractivity contribution in [3.8, 4) is 0 Å². The van der Waals surface area contributed by atoms with Crippen molar-refractivity contribution in [2.75, 3.05) is 0 Å². The number of carbonyl (C=O) groups is 1. The van der Waals surface area contributed by atoms with Gasteiger partial charge in [0.25, 0.3) is 5.91 Å². The minimum atomic E-state index is -0.0463. The van der Waals surface area contributed by atoms with Crippen LogP contribution in [0.2, 0.25) is 10.0 Å². The summed E-state index contributed by atoms with van der Waals surface area (Å²) in [6.07, 6.45) is 3.83. The van der Waals surface area contributed by atoms with E-state index in [0.29, 0.717) is 15.6 Å². The molecule has 2 heterocycles. The van der Waals surface area contributed by atoms with Crippen LogP contribution >= 0.6 is 23.2 Å². The van der Waals surface area contributed by atoms with Crippen molar-refractivity contribution in [1.82, 2.24) is 4.90 Å². The van der Waals surface area contributed by atoms with Crippen molar-refractivity contribution >= 4 is 29.1 Å². The molecule has 3 rings (SSSR count). The number of hydrogen-bond donors (Lipinski definition) is 1. The summed E-state index contributed by atoms with van der Waals surface area (Å²) in [6.45, 7) is 0. The predicted octanol–water partition coefficient (Wildman–Crippen LogP) is 3.09. The van der Waals surface area contributed by atoms with Gasteiger partial charge in [0, 0.05) is 18.1 Å². The minimum absolute atomic E-state index is 0.0463. The highest BCUT2D eigenvalue weighted by atomic mass is 35.5. The van der Waals surface area contributed by atoms with Crippen LogP contribution in [0.4, 0.5) is 0 Å². The van der Waals surface area contributed by atoms with E-state index < -0.39 is 0 Å². The Morgan fingerprint density at radius 2 is 1.68 bits per heavy atom. The highest BCUT2D eigenvalue weighted by Crippen LogP contribution is 2.38. The van der Waals surface area contributed by atoms with E-state index in [1.165, 1.54) is 0 Å². The lowest BCUT2D eigenvalue weighted by Crippen LogP contribution is -2.50. The molecule has 2 aliphatic rings. The van der Waals surface area contributed by atoms with E-state index in [9.17, 15) is 4.79 Å². The molecular formula is C14H16Cl2N2O. The maximum absolute atomic E-state index is 12.7. The van der Waals surface area contributed by atoms with Crippen molar-refractivity contribution in [1.29, 1.82) is 0 Å². The predicted molar refractivity (Wildman–Crippen MR) is 76.7 cm³/mol. The van der Waals surface area contributed by atoms with Gasteiger partial charge in [-0.3, -0.25) is 4.79 Å². The van der Waals surface area contributed by atoms with Gasteiger partial charge in [0.15, 0.2) is 0 Å². The van der Waals surface area contributed by atoms with Gasteiger partial charge < -0.3 is 10.6 Å². The van der Waals surface area contributed by atoms with Crippen LogP contribution in [-0.4, -0.2) is 28.9 Å². The van der Waals surface area contributed by atoms with Gasteiger partial charge in [-0.1, -0.05) is 29.3 Å². The van der Waals surface area contributed by atoms with E-state index in [0.717, 1.165) is 25.7 Å². The standard InChI is InChI=1S/C14H16Cl2N2O/c15-11-2-1-3-12(16)13(11)14(19)18-9-4-5-10(18)7-8(17)6-9/h1-3,8-10H,4-7,17H2. The molecule has 2 bridgehead atoms. The lowest BCUT2D eigenvalue weighted by molar-refractivity contribution is 0.0575. The first kappa shape index (κ1) is 13.2. The van der Waals surface area contributed by atoms with E-state index in [2.05, 4.69) is 0 Å². The maximum atomic E-state index is 12.7. The largest absolute Gasteiger partial charge is 0.332 e. The van der Waals surface area contributed by atoms with Gasteiger partial charge in [-0.25, -0.2) is 0 Å². The summed E-state index contributed by atoms with van der Waals surface area (Å²) >= 11 is 12.3. The van der Waals surface area contributed by atoms with Crippen LogP contribution in [-0.2, 0) is 0 Å². The molecule has 1 amide bonds. The Bertz CT molecular complexity index is 486. The monoisotopic (exact) mass is 298 g/mol. The second-order valence-corrected chi connectivity index (χ2v) is 6.24. The van der Waals surface area contributed by atoms with Gasteiger partial charge >= 0.3 is 0 Å². The molecule has 0 aliphatic carbocycles. The molecule has 0 saturated carbocycles. The molecule has 2 aliphatic heterocycles. The summed E-state index contributed by atoms with van der Waals surface area (Å²) in [5, 5.41) is 0.846. The molecule has 1 aromatic rings. The molecule has 102 valence electrons. The third-order valence-corrected chi connectivity index (χ3v) is 4.81. The molecule has 0 aromatic heterocycles. The van der Waals surface area contributed by atoms with Crippen LogP contribution < -0.4 is 5.73 Å². The van der Waals surface area contributed by atoms with E-state index in [1.54, 1.807) is 18.2 Å². The molecule has 2 atom stereocenters. The van der Waals surface area contributed by atoms with Crippen molar-refractivity contribution in [3.05, 3.63) is 33.8 Å². The smallest absolute Gasteiger partial charge is 0.257 e. The second kappa shape index (κ2) is 4.97. The topological polar surface area (TPSA) is 46.3 Å². The highest BCUT2D eigenvalue weighted by Gasteiger charge is 2.43. The van der Waals surface area contributed by atoms with Gasteiger partial charge in [0.05, 0.1) is 15.6 Å². The van der Waals surface area contributed by atoms with Crippen molar-refractivity contribution in [2.24, 2.45) is 5.73 Å². The number of nitrogens with zero attached hydrogens (tertiary/aromatic N) is 1. The summed E-state index contributed by atoms with van der Waals surface area (Å²) in [4.78, 5) is 14.7. The molecule has 2 fully saturated rings. The number of benzene rings is 1. The Morgan fingerprint density at radius 1 is 1.16 bits per heavy atom. The van der Waals surface area contributed by atoms with Crippen LogP contribution in [0.5, 0.6) is 0 Å². The molecule has 5 heteroatoms. The number of carbonyl (C=O) groups excluding carboxylic acids is 1. The van der Waals surface area contributed by atoms with Crippen LogP contribution in [0.15, 0.2) is 18.2 Å². The Morgan fingerprint density at radius 3 is 2.21 bits per heavy atom. The normalized spacial score (nSPS) is 29.6. The Labute approximate surface area is 122 Å². The van der Waals surface area contributed by atoms with Crippen LogP contribution in [0.25, 0.3) is 0 Å². The maximum Gasteiger partial charge on any atom is 0.257 e. The highest BCUT2D eigenvalue weighted by molar-refractivity contribution is 6.39. The molecule has 0 radical (unpaired) electrons. The first-order valence-corrected chi connectivity index (χ1v) is 7.35. The zero-order valence-electron chi connectivity index (χ0n) is 10.5. The summed E-state index contributed by atoms with van der Waals surface area (Å²) in [5.74, 6) is -0.0463. The molecule has 19 heavy (non-hydrogen) atoms. The first-order chi connectivity index (χ1) is 9.08. The molecule has 1 aromatic carbocycles. The van der Waals surface area contributed by atoms with E-state index in [4.69, 9.17) is 28.9 Å². The molecule has 0 spiro atoms. The number of halogens is 2. The fourth-order valence-electron chi connectivity index (χ4n) is 3.38. The fraction of sp³-hybridized carbons (Fsp3) is 0.500. The summed E-state index contributed by atoms with van der Waals surface area (Å²) in [6, 6.07) is 5.86. The van der Waals surface area contributed by atoms with Crippen molar-refractivity contribution in [2.45, 2.75) is 43.8 Å². The number of hydrogen-bond acceptors (Lipinski definition) is 2. The zero-order valence-corrected chi connectivity index (χ0v) is 12.0. The summed E-state index contributed by atoms with van der Waals surface area (Å²) in [5.41, 5.74) is 6.46. The van der Waals surface area contributed by atoms with Gasteiger partial charge in [-0.2, -0.15) is 0 Å². The zero-order chi connectivity index (χ0) is 13.6. The van der Waals surface area contributed by atoms with Crippen LogP contribution in [0.1, 0.15) is 36.0 Å². The average molecular weight is 299 g/mol. The number of piperidine rings is 1. The number of rotatable bonds is 1. The quantitative estimate of drug-likeness (QED) is 0.866. The minimum Gasteiger partial charge on any atom is -0.332 e. The van der Waals surface area contributed by atoms with Gasteiger partial charge in [-0.05, 0) is 37.8 Å². The van der Waals surface area contributed by atoms with Crippen molar-refractivity contribution < 1.29 is 4.79 Å². The molecule has 2 N–H and O–H groups in total. The third kappa shape index (κ3) is 2.24. The third-order valence-electron chi connectivity index (χ3n) is 4.18. The molecular weight excluding hydrogens is 283 g/mol. The summed E-state index contributed by atoms with van der Waals surface area (Å²) < 4.78 is 0. The second-order valence-electron chi connectivity index (χ2n) is 5.43. The number of fused-ring (bicyclic) bond motifs is 2. The van der Waals surface area contributed by atoms with E-state index in [1.807, 2.05) is 4.90 Å². The van der Waals surface area contributed by atoms with Crippen molar-refractivity contribution in [3.63, 3.8) is 0 Å². The Kier molecular flexibility index (Phi) is 3.46. The fourth-order valence-corrected chi connectivity index (χ4v) is 3.94. The van der Waals surface area contributed by atoms with E-state index >= 15 is 0 Å². The van der Waals surface area contributed by atoms with E-state index in [-0.39, 0.29) is 24.0 Å². The Hall–Kier alpha value is -0.770. The van der Waals surface area contributed by atoms with Crippen LogP contribution in [0.3, 0.4) is 0 Å².